The average molecular weight is 344 g/mol. The average Bonchev–Trinajstić information content (AvgIpc) is 2.95. The van der Waals surface area contributed by atoms with Gasteiger partial charge in [0.15, 0.2) is 0 Å². The van der Waals surface area contributed by atoms with Crippen LogP contribution in [0.5, 0.6) is 0 Å². The maximum absolute atomic E-state index is 12.4. The van der Waals surface area contributed by atoms with Crippen molar-refractivity contribution in [2.45, 2.75) is 20.4 Å². The van der Waals surface area contributed by atoms with Crippen LogP contribution in [0, 0.1) is 13.8 Å². The Hall–Kier alpha value is -2.67. The van der Waals surface area contributed by atoms with E-state index in [1.807, 2.05) is 45.3 Å². The molecule has 7 nitrogen and oxygen atoms in total. The zero-order valence-electron chi connectivity index (χ0n) is 15.1. The monoisotopic (exact) mass is 344 g/mol. The van der Waals surface area contributed by atoms with E-state index in [4.69, 9.17) is 4.74 Å². The first-order valence-electron chi connectivity index (χ1n) is 8.01. The summed E-state index contributed by atoms with van der Waals surface area (Å²) in [5, 5.41) is 6.98. The van der Waals surface area contributed by atoms with Crippen molar-refractivity contribution >= 4 is 17.6 Å². The fourth-order valence-corrected chi connectivity index (χ4v) is 2.45. The van der Waals surface area contributed by atoms with Gasteiger partial charge in [0, 0.05) is 31.0 Å². The Kier molecular flexibility index (Phi) is 6.30. The second-order valence-electron chi connectivity index (χ2n) is 6.09. The van der Waals surface area contributed by atoms with Crippen molar-refractivity contribution in [1.29, 1.82) is 0 Å². The number of hydrogen-bond donors (Lipinski definition) is 1. The number of nitrogens with one attached hydrogen (secondary N) is 1. The summed E-state index contributed by atoms with van der Waals surface area (Å²) in [5.41, 5.74) is 3.94. The lowest BCUT2D eigenvalue weighted by molar-refractivity contribution is -0.142. The minimum atomic E-state index is -0.386. The Morgan fingerprint density at radius 2 is 2.00 bits per heavy atom. The molecule has 134 valence electrons. The maximum atomic E-state index is 12.4. The van der Waals surface area contributed by atoms with Gasteiger partial charge in [-0.3, -0.25) is 19.2 Å². The number of amides is 1. The first kappa shape index (κ1) is 18.7. The van der Waals surface area contributed by atoms with Crippen LogP contribution in [0.4, 0.5) is 5.69 Å². The van der Waals surface area contributed by atoms with Gasteiger partial charge >= 0.3 is 5.97 Å². The van der Waals surface area contributed by atoms with Gasteiger partial charge in [0.2, 0.25) is 5.91 Å². The number of hydrogen-bond acceptors (Lipinski definition) is 5. The highest BCUT2D eigenvalue weighted by Crippen LogP contribution is 2.14. The number of carbonyl (C=O) groups excluding carboxylic acids is 2. The summed E-state index contributed by atoms with van der Waals surface area (Å²) < 4.78 is 6.40. The van der Waals surface area contributed by atoms with Gasteiger partial charge in [-0.1, -0.05) is 6.07 Å². The van der Waals surface area contributed by atoms with Gasteiger partial charge in [-0.25, -0.2) is 0 Å². The van der Waals surface area contributed by atoms with Gasteiger partial charge in [0.1, 0.15) is 0 Å². The highest BCUT2D eigenvalue weighted by atomic mass is 16.5. The molecule has 1 N–H and O–H groups in total. The second-order valence-corrected chi connectivity index (χ2v) is 6.09. The van der Waals surface area contributed by atoms with E-state index in [0.717, 1.165) is 16.8 Å². The number of aromatic nitrogens is 2. The van der Waals surface area contributed by atoms with Gasteiger partial charge in [0.25, 0.3) is 0 Å². The van der Waals surface area contributed by atoms with Crippen LogP contribution >= 0.6 is 0 Å². The lowest BCUT2D eigenvalue weighted by Crippen LogP contribution is -2.36. The van der Waals surface area contributed by atoms with Crippen molar-refractivity contribution in [2.75, 3.05) is 25.5 Å². The minimum Gasteiger partial charge on any atom is -0.468 e. The number of rotatable bonds is 7. The number of benzene rings is 1. The van der Waals surface area contributed by atoms with E-state index in [0.29, 0.717) is 6.54 Å². The van der Waals surface area contributed by atoms with Crippen LogP contribution in [0.1, 0.15) is 16.7 Å². The topological polar surface area (TPSA) is 76.5 Å². The van der Waals surface area contributed by atoms with Crippen molar-refractivity contribution in [1.82, 2.24) is 14.7 Å². The molecule has 0 saturated heterocycles. The smallest absolute Gasteiger partial charge is 0.319 e. The highest BCUT2D eigenvalue weighted by Gasteiger charge is 2.16. The summed E-state index contributed by atoms with van der Waals surface area (Å²) in [5.74, 6) is -0.570. The van der Waals surface area contributed by atoms with Gasteiger partial charge in [-0.2, -0.15) is 5.10 Å². The fraction of sp³-hybridized carbons (Fsp3) is 0.389. The predicted molar refractivity (Wildman–Crippen MR) is 95.0 cm³/mol. The molecule has 0 radical (unpaired) electrons. The molecule has 0 atom stereocenters. The number of aryl methyl sites for hydroxylation is 3. The number of anilines is 1. The predicted octanol–water partition coefficient (Wildman–Crippen LogP) is 1.65. The van der Waals surface area contributed by atoms with Crippen LogP contribution in [0.3, 0.4) is 0 Å². The molecule has 0 bridgehead atoms. The van der Waals surface area contributed by atoms with Gasteiger partial charge < -0.3 is 10.1 Å². The first-order valence-corrected chi connectivity index (χ1v) is 8.01. The van der Waals surface area contributed by atoms with Crippen molar-refractivity contribution in [3.63, 3.8) is 0 Å². The van der Waals surface area contributed by atoms with Crippen LogP contribution < -0.4 is 5.32 Å². The summed E-state index contributed by atoms with van der Waals surface area (Å²) in [7, 11) is 3.15. The van der Waals surface area contributed by atoms with Crippen LogP contribution in [0.15, 0.2) is 30.6 Å². The summed E-state index contributed by atoms with van der Waals surface area (Å²) in [6, 6.07) is 5.76. The van der Waals surface area contributed by atoms with Crippen molar-refractivity contribution in [3.8, 4) is 0 Å². The lowest BCUT2D eigenvalue weighted by Gasteiger charge is -2.20. The van der Waals surface area contributed by atoms with E-state index in [9.17, 15) is 9.59 Å². The molecule has 25 heavy (non-hydrogen) atoms. The zero-order valence-corrected chi connectivity index (χ0v) is 15.1. The molecule has 1 amide bonds. The summed E-state index contributed by atoms with van der Waals surface area (Å²) in [6.07, 6.45) is 3.57. The SMILES string of the molecule is COC(=O)CN(CC(=O)Nc1ccc(C)c(C)c1)Cc1cnn(C)c1. The molecule has 0 unspecified atom stereocenters. The minimum absolute atomic E-state index is 0.0335. The highest BCUT2D eigenvalue weighted by molar-refractivity contribution is 5.92. The molecule has 1 heterocycles. The molecule has 0 saturated carbocycles. The number of nitrogens with zero attached hydrogens (tertiary/aromatic N) is 3. The van der Waals surface area contributed by atoms with Gasteiger partial charge in [-0.05, 0) is 37.1 Å². The van der Waals surface area contributed by atoms with Gasteiger partial charge in [-0.15, -0.1) is 0 Å². The zero-order chi connectivity index (χ0) is 18.4. The third-order valence-electron chi connectivity index (χ3n) is 3.90. The van der Waals surface area contributed by atoms with Crippen molar-refractivity contribution in [2.24, 2.45) is 7.05 Å². The quantitative estimate of drug-likeness (QED) is 0.773. The van der Waals surface area contributed by atoms with E-state index in [1.54, 1.807) is 15.8 Å². The Bertz CT molecular complexity index is 755. The number of ether oxygens (including phenoxy) is 1. The van der Waals surface area contributed by atoms with E-state index in [2.05, 4.69) is 10.4 Å². The van der Waals surface area contributed by atoms with Gasteiger partial charge in [0.05, 0.1) is 26.4 Å². The number of methoxy groups -OCH3 is 1. The molecule has 1 aromatic heterocycles. The molecule has 0 aliphatic heterocycles. The third-order valence-corrected chi connectivity index (χ3v) is 3.90. The Balaban J connectivity index is 2.02. The Morgan fingerprint density at radius 1 is 1.24 bits per heavy atom. The fourth-order valence-electron chi connectivity index (χ4n) is 2.45. The summed E-state index contributed by atoms with van der Waals surface area (Å²) in [6.45, 7) is 4.57. The molecule has 1 aromatic carbocycles. The molecule has 0 spiro atoms. The normalized spacial score (nSPS) is 10.8. The van der Waals surface area contributed by atoms with Crippen LogP contribution in [0.2, 0.25) is 0 Å². The van der Waals surface area contributed by atoms with E-state index < -0.39 is 0 Å². The van der Waals surface area contributed by atoms with Crippen molar-refractivity contribution < 1.29 is 14.3 Å². The van der Waals surface area contributed by atoms with Crippen molar-refractivity contribution in [3.05, 3.63) is 47.3 Å². The number of carbonyl (C=O) groups is 2. The largest absolute Gasteiger partial charge is 0.468 e. The Morgan fingerprint density at radius 3 is 2.60 bits per heavy atom. The molecule has 0 fully saturated rings. The van der Waals surface area contributed by atoms with Crippen LogP contribution in [0.25, 0.3) is 0 Å². The molecular formula is C18H24N4O3. The van der Waals surface area contributed by atoms with Crippen LogP contribution in [-0.4, -0.2) is 46.8 Å². The van der Waals surface area contributed by atoms with E-state index in [-0.39, 0.29) is 25.0 Å². The molecule has 2 aromatic rings. The number of esters is 1. The molecule has 2 rings (SSSR count). The summed E-state index contributed by atoms with van der Waals surface area (Å²) >= 11 is 0. The maximum Gasteiger partial charge on any atom is 0.319 e. The lowest BCUT2D eigenvalue weighted by atomic mass is 10.1. The molecule has 0 aliphatic rings. The first-order chi connectivity index (χ1) is 11.9. The standard InChI is InChI=1S/C18H24N4O3/c1-13-5-6-16(7-14(13)2)20-17(23)11-22(12-18(24)25-4)10-15-8-19-21(3)9-15/h5-9H,10-12H2,1-4H3,(H,20,23). The second kappa shape index (κ2) is 8.43. The van der Waals surface area contributed by atoms with E-state index >= 15 is 0 Å². The van der Waals surface area contributed by atoms with Crippen LogP contribution in [-0.2, 0) is 27.9 Å². The molecule has 0 aliphatic carbocycles. The molecular weight excluding hydrogens is 320 g/mol. The van der Waals surface area contributed by atoms with E-state index in [1.165, 1.54) is 12.7 Å². The Labute approximate surface area is 147 Å². The molecule has 7 heteroatoms. The summed E-state index contributed by atoms with van der Waals surface area (Å²) in [4.78, 5) is 25.7. The third kappa shape index (κ3) is 5.72.